The van der Waals surface area contributed by atoms with Gasteiger partial charge in [0.2, 0.25) is 0 Å². The van der Waals surface area contributed by atoms with Crippen LogP contribution in [0.15, 0.2) is 0 Å². The summed E-state index contributed by atoms with van der Waals surface area (Å²) in [6.07, 6.45) is 0. The molecule has 0 atom stereocenters. The average Bonchev–Trinajstić information content (AvgIpc) is 1.39. The summed E-state index contributed by atoms with van der Waals surface area (Å²) in [5.74, 6) is 0. The normalized spacial score (nSPS) is 5.14. The molecule has 0 unspecified atom stereocenters. The first-order chi connectivity index (χ1) is 2.83. The standard InChI is InChI=1S/2C2H5O.Zn/c2*1-3-2;/h2*1H2,2H3;/q2*-1;+2. The molecule has 40 valence electrons. The van der Waals surface area contributed by atoms with Gasteiger partial charge < -0.3 is 9.47 Å². The van der Waals surface area contributed by atoms with Gasteiger partial charge in [0.25, 0.3) is 0 Å². The fourth-order valence-corrected chi connectivity index (χ4v) is 0. The summed E-state index contributed by atoms with van der Waals surface area (Å²) in [4.78, 5) is 0. The number of ether oxygens (including phenoxy) is 2. The van der Waals surface area contributed by atoms with Crippen LogP contribution in [0.1, 0.15) is 0 Å². The maximum atomic E-state index is 4.00. The van der Waals surface area contributed by atoms with Crippen LogP contribution in [0.2, 0.25) is 0 Å². The zero-order valence-electron chi connectivity index (χ0n) is 4.94. The molecule has 0 aliphatic heterocycles. The van der Waals surface area contributed by atoms with Gasteiger partial charge in [0, 0.05) is 0 Å². The van der Waals surface area contributed by atoms with Gasteiger partial charge in [0.1, 0.15) is 0 Å². The van der Waals surface area contributed by atoms with Crippen LogP contribution in [-0.4, -0.2) is 14.2 Å². The summed E-state index contributed by atoms with van der Waals surface area (Å²) in [5, 5.41) is 0. The molecule has 0 fully saturated rings. The second-order valence-electron chi connectivity index (χ2n) is 0.577. The molecule has 0 rings (SSSR count). The molecule has 2 nitrogen and oxygen atoms in total. The van der Waals surface area contributed by atoms with Gasteiger partial charge in [0.15, 0.2) is 0 Å². The zero-order chi connectivity index (χ0) is 5.41. The fraction of sp³-hybridized carbons (Fsp3) is 0.500. The molecular weight excluding hydrogens is 145 g/mol. The van der Waals surface area contributed by atoms with Crippen molar-refractivity contribution < 1.29 is 29.0 Å². The summed E-state index contributed by atoms with van der Waals surface area (Å²) in [6.45, 7) is 0. The van der Waals surface area contributed by atoms with E-state index in [0.29, 0.717) is 0 Å². The Kier molecular flexibility index (Phi) is 69.5. The van der Waals surface area contributed by atoms with Crippen LogP contribution in [-0.2, 0) is 29.0 Å². The van der Waals surface area contributed by atoms with E-state index in [4.69, 9.17) is 0 Å². The summed E-state index contributed by atoms with van der Waals surface area (Å²) < 4.78 is 8.00. The van der Waals surface area contributed by atoms with Crippen molar-refractivity contribution >= 4 is 0 Å². The summed E-state index contributed by atoms with van der Waals surface area (Å²) >= 11 is 0. The SMILES string of the molecule is [CH2-]OC.[CH2-]OC.[Zn+2]. The molecule has 0 saturated heterocycles. The molecule has 0 aliphatic carbocycles. The Hall–Kier alpha value is 0.543. The Balaban J connectivity index is -0.0000000400. The van der Waals surface area contributed by atoms with E-state index in [1.807, 2.05) is 0 Å². The third kappa shape index (κ3) is 457. The summed E-state index contributed by atoms with van der Waals surface area (Å²) in [7, 11) is 9.00. The van der Waals surface area contributed by atoms with Crippen molar-refractivity contribution in [1.29, 1.82) is 0 Å². The van der Waals surface area contributed by atoms with E-state index >= 15 is 0 Å². The third-order valence-corrected chi connectivity index (χ3v) is 0. The van der Waals surface area contributed by atoms with E-state index < -0.39 is 0 Å². The molecule has 0 N–H and O–H groups in total. The van der Waals surface area contributed by atoms with E-state index in [1.165, 1.54) is 14.2 Å². The minimum atomic E-state index is 0. The van der Waals surface area contributed by atoms with Crippen molar-refractivity contribution in [3.63, 3.8) is 0 Å². The van der Waals surface area contributed by atoms with E-state index in [2.05, 4.69) is 23.7 Å². The van der Waals surface area contributed by atoms with Crippen molar-refractivity contribution in [2.24, 2.45) is 0 Å². The van der Waals surface area contributed by atoms with Gasteiger partial charge in [-0.25, -0.2) is 14.2 Å². The number of rotatable bonds is 0. The molecule has 0 aliphatic rings. The van der Waals surface area contributed by atoms with Crippen LogP contribution in [0, 0.1) is 14.2 Å². The number of hydrogen-bond acceptors (Lipinski definition) is 2. The Morgan fingerprint density at radius 1 is 1.00 bits per heavy atom. The predicted octanol–water partition coefficient (Wildman–Crippen LogP) is 0.846. The molecule has 0 spiro atoms. The fourth-order valence-electron chi connectivity index (χ4n) is 0. The smallest absolute Gasteiger partial charge is 0.557 e. The zero-order valence-corrected chi connectivity index (χ0v) is 7.90. The molecule has 0 heterocycles. The average molecular weight is 156 g/mol. The number of methoxy groups -OCH3 is 2. The van der Waals surface area contributed by atoms with Gasteiger partial charge in [-0.2, -0.15) is 0 Å². The monoisotopic (exact) mass is 154 g/mol. The molecule has 3 heteroatoms. The van der Waals surface area contributed by atoms with Gasteiger partial charge in [-0.3, -0.25) is 0 Å². The first kappa shape index (κ1) is 15.6. The molecule has 0 saturated carbocycles. The van der Waals surface area contributed by atoms with E-state index in [-0.39, 0.29) is 19.5 Å². The Bertz CT molecular complexity index is 11.7. The Morgan fingerprint density at radius 3 is 1.00 bits per heavy atom. The molecule has 7 heavy (non-hydrogen) atoms. The first-order valence-corrected chi connectivity index (χ1v) is 1.39. The van der Waals surface area contributed by atoms with E-state index in [1.54, 1.807) is 0 Å². The van der Waals surface area contributed by atoms with Crippen LogP contribution >= 0.6 is 0 Å². The van der Waals surface area contributed by atoms with Gasteiger partial charge in [-0.1, -0.05) is 0 Å². The quantitative estimate of drug-likeness (QED) is 0.381. The second-order valence-corrected chi connectivity index (χ2v) is 0.577. The summed E-state index contributed by atoms with van der Waals surface area (Å²) in [6, 6.07) is 0. The predicted molar refractivity (Wildman–Crippen MR) is 24.7 cm³/mol. The van der Waals surface area contributed by atoms with Crippen molar-refractivity contribution in [2.75, 3.05) is 14.2 Å². The minimum absolute atomic E-state index is 0. The van der Waals surface area contributed by atoms with Crippen molar-refractivity contribution in [3.05, 3.63) is 14.2 Å². The maximum Gasteiger partial charge on any atom is 2.00 e. The largest absolute Gasteiger partial charge is 2.00 e. The molecule has 0 aromatic heterocycles. The van der Waals surface area contributed by atoms with Crippen LogP contribution in [0.25, 0.3) is 0 Å². The maximum absolute atomic E-state index is 4.00. The van der Waals surface area contributed by atoms with Crippen molar-refractivity contribution in [3.8, 4) is 0 Å². The van der Waals surface area contributed by atoms with Crippen LogP contribution < -0.4 is 0 Å². The van der Waals surface area contributed by atoms with Gasteiger partial charge >= 0.3 is 19.5 Å². The van der Waals surface area contributed by atoms with Crippen LogP contribution in [0.5, 0.6) is 0 Å². The van der Waals surface area contributed by atoms with E-state index in [0.717, 1.165) is 0 Å². The van der Waals surface area contributed by atoms with Crippen LogP contribution in [0.4, 0.5) is 0 Å². The molecular formula is C4H10O2Zn. The Labute approximate surface area is 58.0 Å². The molecule has 0 aromatic rings. The number of hydrogen-bond donors (Lipinski definition) is 0. The van der Waals surface area contributed by atoms with Gasteiger partial charge in [-0.15, -0.1) is 0 Å². The van der Waals surface area contributed by atoms with Gasteiger partial charge in [-0.05, 0) is 14.2 Å². The van der Waals surface area contributed by atoms with Gasteiger partial charge in [0.05, 0.1) is 0 Å². The van der Waals surface area contributed by atoms with Crippen molar-refractivity contribution in [2.45, 2.75) is 0 Å². The minimum Gasteiger partial charge on any atom is -0.557 e. The molecule has 0 aromatic carbocycles. The molecule has 0 radical (unpaired) electrons. The molecule has 0 amide bonds. The van der Waals surface area contributed by atoms with Crippen LogP contribution in [0.3, 0.4) is 0 Å². The third-order valence-electron chi connectivity index (χ3n) is 0. The summed E-state index contributed by atoms with van der Waals surface area (Å²) in [5.41, 5.74) is 0. The van der Waals surface area contributed by atoms with E-state index in [9.17, 15) is 0 Å². The topological polar surface area (TPSA) is 18.5 Å². The van der Waals surface area contributed by atoms with Crippen molar-refractivity contribution in [1.82, 2.24) is 0 Å². The molecule has 0 bridgehead atoms. The first-order valence-electron chi connectivity index (χ1n) is 1.39. The second kappa shape index (κ2) is 31.1. The Morgan fingerprint density at radius 2 is 1.00 bits per heavy atom.